The fraction of sp³-hybridized carbons (Fsp3) is 0.611. The quantitative estimate of drug-likeness (QED) is 0.763. The molecular weight excluding hydrogens is 338 g/mol. The molecule has 7 heteroatoms. The van der Waals surface area contributed by atoms with Crippen LogP contribution >= 0.6 is 0 Å². The summed E-state index contributed by atoms with van der Waals surface area (Å²) in [4.78, 5) is 12.5. The lowest BCUT2D eigenvalue weighted by Gasteiger charge is -2.56. The number of benzene rings is 1. The molecule has 4 aliphatic rings. The molecule has 4 aliphatic carbocycles. The topological polar surface area (TPSA) is 101 Å². The molecule has 4 bridgehead atoms. The number of sulfonamides is 1. The average molecular weight is 363 g/mol. The number of carbonyl (C=O) groups excluding carboxylic acids is 1. The highest BCUT2D eigenvalue weighted by Crippen LogP contribution is 2.55. The van der Waals surface area contributed by atoms with Crippen LogP contribution in [0.1, 0.15) is 44.1 Å². The number of rotatable bonds is 4. The molecule has 0 radical (unpaired) electrons. The highest BCUT2D eigenvalue weighted by Gasteiger charge is 2.51. The molecule has 4 N–H and O–H groups in total. The summed E-state index contributed by atoms with van der Waals surface area (Å²) in [5.74, 6) is 2.33. The number of primary sulfonamides is 1. The number of hydrogen-bond acceptors (Lipinski definition) is 3. The summed E-state index contributed by atoms with van der Waals surface area (Å²) >= 11 is 0. The molecule has 0 aromatic heterocycles. The zero-order valence-corrected chi connectivity index (χ0v) is 15.0. The van der Waals surface area contributed by atoms with Crippen molar-refractivity contribution in [1.29, 1.82) is 0 Å². The van der Waals surface area contributed by atoms with Crippen LogP contribution in [0.2, 0.25) is 0 Å². The van der Waals surface area contributed by atoms with Crippen LogP contribution in [0.3, 0.4) is 0 Å². The Balaban J connectivity index is 1.37. The van der Waals surface area contributed by atoms with E-state index in [9.17, 15) is 13.2 Å². The van der Waals surface area contributed by atoms with E-state index < -0.39 is 10.0 Å². The van der Waals surface area contributed by atoms with Crippen LogP contribution in [0.25, 0.3) is 0 Å². The Labute approximate surface area is 148 Å². The summed E-state index contributed by atoms with van der Waals surface area (Å²) in [6.07, 6.45) is 7.32. The van der Waals surface area contributed by atoms with Gasteiger partial charge in [-0.25, -0.2) is 18.4 Å². The van der Waals surface area contributed by atoms with Gasteiger partial charge >= 0.3 is 6.03 Å². The maximum atomic E-state index is 12.4. The lowest BCUT2D eigenvalue weighted by molar-refractivity contribution is -0.0135. The van der Waals surface area contributed by atoms with E-state index in [4.69, 9.17) is 5.14 Å². The van der Waals surface area contributed by atoms with Gasteiger partial charge in [-0.1, -0.05) is 12.1 Å². The molecule has 0 saturated heterocycles. The summed E-state index contributed by atoms with van der Waals surface area (Å²) in [7, 11) is -3.73. The Morgan fingerprint density at radius 2 is 1.72 bits per heavy atom. The van der Waals surface area contributed by atoms with Crippen molar-refractivity contribution < 1.29 is 13.2 Å². The molecular formula is C18H25N3O3S. The van der Waals surface area contributed by atoms with Crippen molar-refractivity contribution in [2.75, 3.05) is 0 Å². The Kier molecular flexibility index (Phi) is 4.03. The number of nitrogens with one attached hydrogen (secondary N) is 2. The Hall–Kier alpha value is -1.60. The summed E-state index contributed by atoms with van der Waals surface area (Å²) in [5.41, 5.74) is 0.688. The molecule has 136 valence electrons. The van der Waals surface area contributed by atoms with E-state index in [0.29, 0.717) is 5.56 Å². The van der Waals surface area contributed by atoms with Crippen LogP contribution in [-0.2, 0) is 16.6 Å². The molecule has 1 aromatic rings. The maximum absolute atomic E-state index is 12.4. The molecule has 25 heavy (non-hydrogen) atoms. The molecule has 4 saturated carbocycles. The number of amides is 2. The first-order valence-corrected chi connectivity index (χ1v) is 10.5. The molecule has 2 amide bonds. The van der Waals surface area contributed by atoms with Gasteiger partial charge in [0, 0.05) is 12.1 Å². The van der Waals surface area contributed by atoms with Crippen LogP contribution in [0.5, 0.6) is 0 Å². The highest BCUT2D eigenvalue weighted by molar-refractivity contribution is 7.89. The monoisotopic (exact) mass is 363 g/mol. The van der Waals surface area contributed by atoms with E-state index in [1.807, 2.05) is 0 Å². The standard InChI is InChI=1S/C18H25N3O3S/c19-25(23,24)16-3-1-2-12(7-16)11-20-17(22)21-18-8-13-4-14(9-18)6-15(5-13)10-18/h1-3,7,13-15H,4-6,8-11H2,(H2,19,23,24)(H2,20,21,22). The van der Waals surface area contributed by atoms with Crippen molar-refractivity contribution in [2.24, 2.45) is 22.9 Å². The van der Waals surface area contributed by atoms with E-state index in [2.05, 4.69) is 10.6 Å². The Morgan fingerprint density at radius 3 is 2.28 bits per heavy atom. The second-order valence-electron chi connectivity index (χ2n) is 8.20. The zero-order valence-electron chi connectivity index (χ0n) is 14.2. The first kappa shape index (κ1) is 16.8. The van der Waals surface area contributed by atoms with Gasteiger partial charge in [-0.05, 0) is 74.0 Å². The van der Waals surface area contributed by atoms with Gasteiger partial charge in [-0.3, -0.25) is 0 Å². The van der Waals surface area contributed by atoms with Crippen molar-refractivity contribution in [3.05, 3.63) is 29.8 Å². The Morgan fingerprint density at radius 1 is 1.12 bits per heavy atom. The fourth-order valence-corrected chi connectivity index (χ4v) is 6.15. The van der Waals surface area contributed by atoms with Crippen LogP contribution in [0.4, 0.5) is 4.79 Å². The normalized spacial score (nSPS) is 33.2. The first-order valence-electron chi connectivity index (χ1n) is 8.99. The van der Waals surface area contributed by atoms with Gasteiger partial charge in [0.2, 0.25) is 10.0 Å². The summed E-state index contributed by atoms with van der Waals surface area (Å²) in [6.45, 7) is 0.279. The maximum Gasteiger partial charge on any atom is 0.315 e. The predicted octanol–water partition coefficient (Wildman–Crippen LogP) is 2.10. The third kappa shape index (κ3) is 3.53. The summed E-state index contributed by atoms with van der Waals surface area (Å²) < 4.78 is 22.8. The lowest BCUT2D eigenvalue weighted by atomic mass is 9.53. The number of carbonyl (C=O) groups is 1. The van der Waals surface area contributed by atoms with E-state index in [-0.39, 0.29) is 23.0 Å². The van der Waals surface area contributed by atoms with Crippen molar-refractivity contribution >= 4 is 16.1 Å². The van der Waals surface area contributed by atoms with Crippen molar-refractivity contribution in [2.45, 2.75) is 55.5 Å². The smallest absolute Gasteiger partial charge is 0.315 e. The number of hydrogen-bond donors (Lipinski definition) is 3. The van der Waals surface area contributed by atoms with E-state index >= 15 is 0 Å². The van der Waals surface area contributed by atoms with Gasteiger partial charge in [0.25, 0.3) is 0 Å². The average Bonchev–Trinajstić information content (AvgIpc) is 2.50. The molecule has 6 nitrogen and oxygen atoms in total. The first-order chi connectivity index (χ1) is 11.8. The molecule has 0 aliphatic heterocycles. The predicted molar refractivity (Wildman–Crippen MR) is 94.1 cm³/mol. The zero-order chi connectivity index (χ0) is 17.7. The van der Waals surface area contributed by atoms with Gasteiger partial charge in [0.1, 0.15) is 0 Å². The second-order valence-corrected chi connectivity index (χ2v) is 9.76. The molecule has 4 fully saturated rings. The van der Waals surface area contributed by atoms with Crippen LogP contribution in [0, 0.1) is 17.8 Å². The molecule has 0 atom stereocenters. The number of urea groups is 1. The molecule has 1 aromatic carbocycles. The summed E-state index contributed by atoms with van der Waals surface area (Å²) in [6, 6.07) is 6.20. The Bertz CT molecular complexity index is 755. The summed E-state index contributed by atoms with van der Waals surface area (Å²) in [5, 5.41) is 11.3. The largest absolute Gasteiger partial charge is 0.334 e. The molecule has 0 heterocycles. The van der Waals surface area contributed by atoms with Gasteiger partial charge in [0.15, 0.2) is 0 Å². The minimum absolute atomic E-state index is 0.0265. The van der Waals surface area contributed by atoms with E-state index in [1.165, 1.54) is 31.4 Å². The minimum Gasteiger partial charge on any atom is -0.334 e. The molecule has 0 spiro atoms. The van der Waals surface area contributed by atoms with Crippen LogP contribution < -0.4 is 15.8 Å². The SMILES string of the molecule is NS(=O)(=O)c1cccc(CNC(=O)NC23CC4CC(CC(C4)C2)C3)c1. The van der Waals surface area contributed by atoms with Crippen molar-refractivity contribution in [3.8, 4) is 0 Å². The number of nitrogens with two attached hydrogens (primary N) is 1. The third-order valence-electron chi connectivity index (χ3n) is 6.10. The fourth-order valence-electron chi connectivity index (χ4n) is 5.56. The van der Waals surface area contributed by atoms with Gasteiger partial charge in [-0.2, -0.15) is 0 Å². The van der Waals surface area contributed by atoms with E-state index in [0.717, 1.165) is 37.0 Å². The minimum atomic E-state index is -3.73. The molecule has 0 unspecified atom stereocenters. The molecule has 5 rings (SSSR count). The third-order valence-corrected chi connectivity index (χ3v) is 7.01. The van der Waals surface area contributed by atoms with Gasteiger partial charge in [-0.15, -0.1) is 0 Å². The van der Waals surface area contributed by atoms with Crippen LogP contribution in [0.15, 0.2) is 29.2 Å². The highest BCUT2D eigenvalue weighted by atomic mass is 32.2. The van der Waals surface area contributed by atoms with E-state index in [1.54, 1.807) is 12.1 Å². The van der Waals surface area contributed by atoms with Gasteiger partial charge < -0.3 is 10.6 Å². The lowest BCUT2D eigenvalue weighted by Crippen LogP contribution is -2.61. The van der Waals surface area contributed by atoms with Gasteiger partial charge in [0.05, 0.1) is 4.90 Å². The van der Waals surface area contributed by atoms with Crippen LogP contribution in [-0.4, -0.2) is 20.0 Å². The van der Waals surface area contributed by atoms with Crippen molar-refractivity contribution in [1.82, 2.24) is 10.6 Å². The second kappa shape index (κ2) is 5.99. The van der Waals surface area contributed by atoms with Crippen molar-refractivity contribution in [3.63, 3.8) is 0 Å².